The molecule has 3 nitrogen and oxygen atoms in total. The molecule has 0 radical (unpaired) electrons. The largest absolute Gasteiger partial charge is 0.468 e. The van der Waals surface area contributed by atoms with Crippen LogP contribution in [0, 0.1) is 0 Å². The first kappa shape index (κ1) is 8.30. The highest BCUT2D eigenvalue weighted by molar-refractivity contribution is 4.96. The second-order valence-corrected chi connectivity index (χ2v) is 2.57. The van der Waals surface area contributed by atoms with Gasteiger partial charge in [0.1, 0.15) is 5.76 Å². The number of hydrogen-bond donors (Lipinski definition) is 1. The van der Waals surface area contributed by atoms with Crippen molar-refractivity contribution < 1.29 is 9.25 Å². The molecule has 0 aromatic carbocycles. The predicted molar refractivity (Wildman–Crippen MR) is 41.8 cm³/mol. The van der Waals surface area contributed by atoms with E-state index in [0.717, 1.165) is 5.76 Å². The lowest BCUT2D eigenvalue weighted by molar-refractivity contribution is -0.0115. The Hall–Kier alpha value is -0.800. The van der Waals surface area contributed by atoms with E-state index in [4.69, 9.17) is 9.25 Å². The molecule has 0 spiro atoms. The molecule has 0 aliphatic carbocycles. The summed E-state index contributed by atoms with van der Waals surface area (Å²) in [7, 11) is 0. The standard InChI is InChI=1S/C8H13NO2/c1-7(2)11-9-6-8-4-3-5-10-8/h3-5,7,9H,6H2,1-2H3. The van der Waals surface area contributed by atoms with E-state index in [1.807, 2.05) is 26.0 Å². The number of nitrogens with one attached hydrogen (secondary N) is 1. The van der Waals surface area contributed by atoms with Gasteiger partial charge in [0.25, 0.3) is 0 Å². The van der Waals surface area contributed by atoms with Gasteiger partial charge in [-0.25, -0.2) is 0 Å². The summed E-state index contributed by atoms with van der Waals surface area (Å²) in [5.41, 5.74) is 2.79. The molecule has 1 aromatic rings. The SMILES string of the molecule is CC(C)ONCc1ccco1. The van der Waals surface area contributed by atoms with Gasteiger partial charge in [-0.05, 0) is 26.0 Å². The fourth-order valence-electron chi connectivity index (χ4n) is 0.693. The highest BCUT2D eigenvalue weighted by Gasteiger charge is 1.95. The molecule has 0 saturated carbocycles. The third-order valence-electron chi connectivity index (χ3n) is 1.15. The predicted octanol–water partition coefficient (Wildman–Crippen LogP) is 1.71. The Balaban J connectivity index is 2.14. The van der Waals surface area contributed by atoms with E-state index in [9.17, 15) is 0 Å². The second-order valence-electron chi connectivity index (χ2n) is 2.57. The zero-order valence-corrected chi connectivity index (χ0v) is 6.83. The Morgan fingerprint density at radius 2 is 2.45 bits per heavy atom. The molecule has 0 saturated heterocycles. The molecule has 0 amide bonds. The van der Waals surface area contributed by atoms with Crippen LogP contribution in [0.4, 0.5) is 0 Å². The zero-order chi connectivity index (χ0) is 8.10. The van der Waals surface area contributed by atoms with Crippen LogP contribution in [0.25, 0.3) is 0 Å². The average Bonchev–Trinajstić information content (AvgIpc) is 2.39. The lowest BCUT2D eigenvalue weighted by atomic mass is 10.5. The van der Waals surface area contributed by atoms with Gasteiger partial charge in [0, 0.05) is 0 Å². The Labute approximate surface area is 66.3 Å². The van der Waals surface area contributed by atoms with Crippen LogP contribution in [-0.4, -0.2) is 6.10 Å². The highest BCUT2D eigenvalue weighted by atomic mass is 16.7. The van der Waals surface area contributed by atoms with Crippen LogP contribution >= 0.6 is 0 Å². The van der Waals surface area contributed by atoms with E-state index < -0.39 is 0 Å². The smallest absolute Gasteiger partial charge is 0.119 e. The van der Waals surface area contributed by atoms with Gasteiger partial charge in [0.05, 0.1) is 18.9 Å². The van der Waals surface area contributed by atoms with Crippen LogP contribution in [0.1, 0.15) is 19.6 Å². The van der Waals surface area contributed by atoms with Crippen molar-refractivity contribution in [2.45, 2.75) is 26.5 Å². The molecule has 62 valence electrons. The van der Waals surface area contributed by atoms with Crippen molar-refractivity contribution in [1.82, 2.24) is 5.48 Å². The minimum atomic E-state index is 0.199. The van der Waals surface area contributed by atoms with Crippen molar-refractivity contribution >= 4 is 0 Å². The van der Waals surface area contributed by atoms with E-state index in [1.165, 1.54) is 0 Å². The number of furan rings is 1. The van der Waals surface area contributed by atoms with Crippen LogP contribution in [0.15, 0.2) is 22.8 Å². The van der Waals surface area contributed by atoms with Crippen LogP contribution in [-0.2, 0) is 11.4 Å². The van der Waals surface area contributed by atoms with E-state index in [1.54, 1.807) is 6.26 Å². The maximum Gasteiger partial charge on any atom is 0.119 e. The lowest BCUT2D eigenvalue weighted by Crippen LogP contribution is -2.18. The van der Waals surface area contributed by atoms with Gasteiger partial charge in [-0.15, -0.1) is 0 Å². The normalized spacial score (nSPS) is 10.8. The van der Waals surface area contributed by atoms with Gasteiger partial charge < -0.3 is 4.42 Å². The minimum absolute atomic E-state index is 0.199. The molecule has 0 aliphatic heterocycles. The number of rotatable bonds is 4. The molecule has 11 heavy (non-hydrogen) atoms. The summed E-state index contributed by atoms with van der Waals surface area (Å²) in [4.78, 5) is 5.11. The topological polar surface area (TPSA) is 34.4 Å². The molecule has 1 heterocycles. The average molecular weight is 155 g/mol. The third-order valence-corrected chi connectivity index (χ3v) is 1.15. The van der Waals surface area contributed by atoms with Gasteiger partial charge in [0.15, 0.2) is 0 Å². The Bertz CT molecular complexity index is 182. The van der Waals surface area contributed by atoms with Crippen LogP contribution in [0.5, 0.6) is 0 Å². The molecular formula is C8H13NO2. The fraction of sp³-hybridized carbons (Fsp3) is 0.500. The summed E-state index contributed by atoms with van der Waals surface area (Å²) in [5.74, 6) is 0.880. The van der Waals surface area contributed by atoms with Crippen LogP contribution in [0.3, 0.4) is 0 Å². The van der Waals surface area contributed by atoms with Crippen molar-refractivity contribution in [2.75, 3.05) is 0 Å². The van der Waals surface area contributed by atoms with E-state index in [0.29, 0.717) is 6.54 Å². The minimum Gasteiger partial charge on any atom is -0.468 e. The van der Waals surface area contributed by atoms with E-state index in [-0.39, 0.29) is 6.10 Å². The quantitative estimate of drug-likeness (QED) is 0.672. The molecular weight excluding hydrogens is 142 g/mol. The summed E-state index contributed by atoms with van der Waals surface area (Å²) < 4.78 is 5.07. The molecule has 0 fully saturated rings. The van der Waals surface area contributed by atoms with Crippen LogP contribution in [0.2, 0.25) is 0 Å². The Morgan fingerprint density at radius 1 is 1.64 bits per heavy atom. The van der Waals surface area contributed by atoms with Crippen molar-refractivity contribution in [1.29, 1.82) is 0 Å². The van der Waals surface area contributed by atoms with Gasteiger partial charge in [0.2, 0.25) is 0 Å². The highest BCUT2D eigenvalue weighted by Crippen LogP contribution is 1.98. The van der Waals surface area contributed by atoms with Crippen molar-refractivity contribution in [2.24, 2.45) is 0 Å². The molecule has 0 bridgehead atoms. The van der Waals surface area contributed by atoms with E-state index >= 15 is 0 Å². The maximum atomic E-state index is 5.11. The Kier molecular flexibility index (Phi) is 3.14. The summed E-state index contributed by atoms with van der Waals surface area (Å²) in [5, 5.41) is 0. The second kappa shape index (κ2) is 4.16. The third kappa shape index (κ3) is 3.20. The Morgan fingerprint density at radius 3 is 3.00 bits per heavy atom. The zero-order valence-electron chi connectivity index (χ0n) is 6.83. The van der Waals surface area contributed by atoms with Crippen molar-refractivity contribution in [3.8, 4) is 0 Å². The maximum absolute atomic E-state index is 5.11. The molecule has 1 aromatic heterocycles. The van der Waals surface area contributed by atoms with Crippen molar-refractivity contribution in [3.05, 3.63) is 24.2 Å². The lowest BCUT2D eigenvalue weighted by Gasteiger charge is -2.06. The molecule has 0 atom stereocenters. The summed E-state index contributed by atoms with van der Waals surface area (Å²) in [6.07, 6.45) is 1.84. The molecule has 3 heteroatoms. The van der Waals surface area contributed by atoms with E-state index in [2.05, 4.69) is 5.48 Å². The first-order valence-electron chi connectivity index (χ1n) is 3.70. The molecule has 0 aliphatic rings. The van der Waals surface area contributed by atoms with Gasteiger partial charge in [-0.3, -0.25) is 4.84 Å². The summed E-state index contributed by atoms with van der Waals surface area (Å²) >= 11 is 0. The first-order valence-corrected chi connectivity index (χ1v) is 3.70. The number of hydroxylamine groups is 1. The monoisotopic (exact) mass is 155 g/mol. The van der Waals surface area contributed by atoms with Gasteiger partial charge in [-0.1, -0.05) is 0 Å². The molecule has 1 N–H and O–H groups in total. The van der Waals surface area contributed by atoms with Gasteiger partial charge >= 0.3 is 0 Å². The van der Waals surface area contributed by atoms with Gasteiger partial charge in [-0.2, -0.15) is 5.48 Å². The molecule has 0 unspecified atom stereocenters. The van der Waals surface area contributed by atoms with Crippen LogP contribution < -0.4 is 5.48 Å². The first-order chi connectivity index (χ1) is 5.29. The fourth-order valence-corrected chi connectivity index (χ4v) is 0.693. The summed E-state index contributed by atoms with van der Waals surface area (Å²) in [6.45, 7) is 4.55. The molecule has 1 rings (SSSR count). The van der Waals surface area contributed by atoms with Crippen molar-refractivity contribution in [3.63, 3.8) is 0 Å². The summed E-state index contributed by atoms with van der Waals surface area (Å²) in [6, 6.07) is 3.75. The number of hydrogen-bond acceptors (Lipinski definition) is 3.